The number of hydrogen-bond donors (Lipinski definition) is 1. The van der Waals surface area contributed by atoms with Gasteiger partial charge >= 0.3 is 0 Å². The predicted molar refractivity (Wildman–Crippen MR) is 71.8 cm³/mol. The normalized spacial score (nSPS) is 10.7. The molecule has 0 aliphatic heterocycles. The van der Waals surface area contributed by atoms with Crippen LogP contribution in [0.1, 0.15) is 16.8 Å². The maximum absolute atomic E-state index is 13.6. The Bertz CT molecular complexity index is 566. The monoisotopic (exact) mass is 263 g/mol. The molecule has 0 fully saturated rings. The molecule has 5 heteroatoms. The lowest BCUT2D eigenvalue weighted by atomic mass is 10.2. The van der Waals surface area contributed by atoms with Crippen LogP contribution in [0.3, 0.4) is 0 Å². The van der Waals surface area contributed by atoms with Gasteiger partial charge in [-0.1, -0.05) is 6.07 Å². The molecule has 0 saturated heterocycles. The van der Waals surface area contributed by atoms with Crippen LogP contribution in [-0.2, 0) is 13.1 Å². The third kappa shape index (κ3) is 2.93. The quantitative estimate of drug-likeness (QED) is 0.898. The first kappa shape index (κ1) is 13.5. The summed E-state index contributed by atoms with van der Waals surface area (Å²) in [5.41, 5.74) is 3.10. The second-order valence-corrected chi connectivity index (χ2v) is 4.41. The van der Waals surface area contributed by atoms with Crippen LogP contribution in [-0.4, -0.2) is 23.9 Å². The Balaban J connectivity index is 2.19. The first-order chi connectivity index (χ1) is 9.15. The highest BCUT2D eigenvalue weighted by atomic mass is 19.1. The standard InChI is InChI=1S/C14H18FN3O/c1-10-12(7-16-2)8-17-18(10)9-11-4-5-14(19-3)13(15)6-11/h4-6,8,16H,7,9H2,1-3H3. The van der Waals surface area contributed by atoms with E-state index in [-0.39, 0.29) is 11.6 Å². The van der Waals surface area contributed by atoms with Crippen molar-refractivity contribution in [1.29, 1.82) is 0 Å². The van der Waals surface area contributed by atoms with Gasteiger partial charge < -0.3 is 10.1 Å². The lowest BCUT2D eigenvalue weighted by Crippen LogP contribution is -2.08. The maximum Gasteiger partial charge on any atom is 0.165 e. The predicted octanol–water partition coefficient (Wildman–Crippen LogP) is 2.11. The van der Waals surface area contributed by atoms with Gasteiger partial charge in [-0.15, -0.1) is 0 Å². The number of benzene rings is 1. The molecule has 0 unspecified atom stereocenters. The van der Waals surface area contributed by atoms with Crippen molar-refractivity contribution in [2.45, 2.75) is 20.0 Å². The summed E-state index contributed by atoms with van der Waals surface area (Å²) in [5, 5.41) is 7.42. The van der Waals surface area contributed by atoms with E-state index in [2.05, 4.69) is 10.4 Å². The maximum atomic E-state index is 13.6. The molecule has 0 spiro atoms. The molecule has 0 aliphatic rings. The second-order valence-electron chi connectivity index (χ2n) is 4.41. The van der Waals surface area contributed by atoms with Gasteiger partial charge in [-0.05, 0) is 31.7 Å². The first-order valence-electron chi connectivity index (χ1n) is 6.14. The number of methoxy groups -OCH3 is 1. The number of rotatable bonds is 5. The summed E-state index contributed by atoms with van der Waals surface area (Å²) in [6.45, 7) is 3.35. The van der Waals surface area contributed by atoms with Crippen LogP contribution in [0.2, 0.25) is 0 Å². The van der Waals surface area contributed by atoms with Crippen molar-refractivity contribution in [3.63, 3.8) is 0 Å². The highest BCUT2D eigenvalue weighted by molar-refractivity contribution is 5.29. The average molecular weight is 263 g/mol. The summed E-state index contributed by atoms with van der Waals surface area (Å²) < 4.78 is 20.4. The number of nitrogens with zero attached hydrogens (tertiary/aromatic N) is 2. The van der Waals surface area contributed by atoms with Crippen LogP contribution < -0.4 is 10.1 Å². The molecule has 0 saturated carbocycles. The van der Waals surface area contributed by atoms with Crippen LogP contribution in [0, 0.1) is 12.7 Å². The summed E-state index contributed by atoms with van der Waals surface area (Å²) in [7, 11) is 3.36. The van der Waals surface area contributed by atoms with Gasteiger partial charge in [0.05, 0.1) is 19.9 Å². The van der Waals surface area contributed by atoms with Gasteiger partial charge in [0.2, 0.25) is 0 Å². The number of ether oxygens (including phenoxy) is 1. The molecule has 0 radical (unpaired) electrons. The van der Waals surface area contributed by atoms with Crippen molar-refractivity contribution in [1.82, 2.24) is 15.1 Å². The Labute approximate surface area is 112 Å². The summed E-state index contributed by atoms with van der Waals surface area (Å²) >= 11 is 0. The third-order valence-corrected chi connectivity index (χ3v) is 3.12. The molecule has 0 atom stereocenters. The van der Waals surface area contributed by atoms with Crippen molar-refractivity contribution in [2.24, 2.45) is 0 Å². The fraction of sp³-hybridized carbons (Fsp3) is 0.357. The molecule has 1 N–H and O–H groups in total. The summed E-state index contributed by atoms with van der Waals surface area (Å²) in [6.07, 6.45) is 1.84. The van der Waals surface area contributed by atoms with Crippen LogP contribution in [0.4, 0.5) is 4.39 Å². The van der Waals surface area contributed by atoms with Crippen LogP contribution in [0.5, 0.6) is 5.75 Å². The molecule has 1 aromatic carbocycles. The molecule has 0 amide bonds. The molecule has 1 aromatic heterocycles. The van der Waals surface area contributed by atoms with E-state index in [0.717, 1.165) is 23.4 Å². The Morgan fingerprint density at radius 1 is 1.42 bits per heavy atom. The van der Waals surface area contributed by atoms with Gasteiger partial charge in [0.15, 0.2) is 11.6 Å². The Kier molecular flexibility index (Phi) is 4.16. The fourth-order valence-corrected chi connectivity index (χ4v) is 1.99. The average Bonchev–Trinajstić information content (AvgIpc) is 2.72. The second kappa shape index (κ2) is 5.84. The highest BCUT2D eigenvalue weighted by Gasteiger charge is 2.08. The van der Waals surface area contributed by atoms with Crippen LogP contribution in [0.25, 0.3) is 0 Å². The van der Waals surface area contributed by atoms with E-state index in [9.17, 15) is 4.39 Å². The molecule has 102 valence electrons. The minimum Gasteiger partial charge on any atom is -0.494 e. The van der Waals surface area contributed by atoms with Crippen molar-refractivity contribution >= 4 is 0 Å². The summed E-state index contributed by atoms with van der Waals surface area (Å²) in [6, 6.07) is 4.97. The number of halogens is 1. The van der Waals surface area contributed by atoms with E-state index in [0.29, 0.717) is 6.54 Å². The summed E-state index contributed by atoms with van der Waals surface area (Å²) in [5.74, 6) is -0.0860. The minimum absolute atomic E-state index is 0.261. The van der Waals surface area contributed by atoms with Gasteiger partial charge in [0.25, 0.3) is 0 Å². The first-order valence-corrected chi connectivity index (χ1v) is 6.14. The molecular formula is C14H18FN3O. The number of aromatic nitrogens is 2. The molecular weight excluding hydrogens is 245 g/mol. The number of hydrogen-bond acceptors (Lipinski definition) is 3. The van der Waals surface area contributed by atoms with Crippen molar-refractivity contribution in [3.05, 3.63) is 47.0 Å². The van der Waals surface area contributed by atoms with Gasteiger partial charge in [0.1, 0.15) is 0 Å². The molecule has 4 nitrogen and oxygen atoms in total. The lowest BCUT2D eigenvalue weighted by molar-refractivity contribution is 0.386. The minimum atomic E-state index is -0.347. The molecule has 0 aliphatic carbocycles. The van der Waals surface area contributed by atoms with E-state index in [1.165, 1.54) is 13.2 Å². The van der Waals surface area contributed by atoms with E-state index in [4.69, 9.17) is 4.74 Å². The smallest absolute Gasteiger partial charge is 0.165 e. The van der Waals surface area contributed by atoms with E-state index >= 15 is 0 Å². The van der Waals surface area contributed by atoms with Crippen molar-refractivity contribution in [2.75, 3.05) is 14.2 Å². The van der Waals surface area contributed by atoms with Crippen LogP contribution in [0.15, 0.2) is 24.4 Å². The highest BCUT2D eigenvalue weighted by Crippen LogP contribution is 2.19. The zero-order chi connectivity index (χ0) is 13.8. The van der Waals surface area contributed by atoms with E-state index in [1.54, 1.807) is 6.07 Å². The van der Waals surface area contributed by atoms with Gasteiger partial charge in [-0.2, -0.15) is 5.10 Å². The molecule has 2 aromatic rings. The van der Waals surface area contributed by atoms with Gasteiger partial charge in [0, 0.05) is 17.8 Å². The van der Waals surface area contributed by atoms with E-state index < -0.39 is 0 Å². The molecule has 1 heterocycles. The van der Waals surface area contributed by atoms with Crippen molar-refractivity contribution < 1.29 is 9.13 Å². The zero-order valence-electron chi connectivity index (χ0n) is 11.4. The topological polar surface area (TPSA) is 39.1 Å². The lowest BCUT2D eigenvalue weighted by Gasteiger charge is -2.08. The molecule has 0 bridgehead atoms. The van der Waals surface area contributed by atoms with Crippen molar-refractivity contribution in [3.8, 4) is 5.75 Å². The molecule has 2 rings (SSSR count). The largest absolute Gasteiger partial charge is 0.494 e. The fourth-order valence-electron chi connectivity index (χ4n) is 1.99. The molecule has 19 heavy (non-hydrogen) atoms. The van der Waals surface area contributed by atoms with Gasteiger partial charge in [-0.3, -0.25) is 4.68 Å². The van der Waals surface area contributed by atoms with Gasteiger partial charge in [-0.25, -0.2) is 4.39 Å². The Morgan fingerprint density at radius 3 is 2.84 bits per heavy atom. The summed E-state index contributed by atoms with van der Waals surface area (Å²) in [4.78, 5) is 0. The SMILES string of the molecule is CNCc1cnn(Cc2ccc(OC)c(F)c2)c1C. The van der Waals surface area contributed by atoms with Crippen LogP contribution >= 0.6 is 0 Å². The van der Waals surface area contributed by atoms with E-state index in [1.807, 2.05) is 30.9 Å². The Morgan fingerprint density at radius 2 is 2.21 bits per heavy atom. The zero-order valence-corrected chi connectivity index (χ0v) is 11.4. The number of nitrogens with one attached hydrogen (secondary N) is 1. The third-order valence-electron chi connectivity index (χ3n) is 3.12. The Hall–Kier alpha value is -1.88.